The number of aromatic nitrogens is 2. The van der Waals surface area contributed by atoms with E-state index in [1.54, 1.807) is 0 Å². The van der Waals surface area contributed by atoms with Crippen LogP contribution >= 0.6 is 0 Å². The van der Waals surface area contributed by atoms with Gasteiger partial charge in [0.2, 0.25) is 0 Å². The molecule has 0 atom stereocenters. The molecule has 0 aliphatic carbocycles. The summed E-state index contributed by atoms with van der Waals surface area (Å²) in [7, 11) is 2.10. The number of aromatic amines is 1. The number of carbonyl (C=O) groups is 1. The number of H-pyrrole nitrogens is 1. The van der Waals surface area contributed by atoms with Crippen molar-refractivity contribution in [1.82, 2.24) is 25.7 Å². The second-order valence-corrected chi connectivity index (χ2v) is 6.29. The third-order valence-electron chi connectivity index (χ3n) is 4.46. The largest absolute Gasteiger partial charge is 0.347 e. The minimum absolute atomic E-state index is 0.118. The lowest BCUT2D eigenvalue weighted by molar-refractivity contribution is 0.0944. The van der Waals surface area contributed by atoms with E-state index in [9.17, 15) is 4.79 Å². The maximum absolute atomic E-state index is 12.4. The molecule has 1 aliphatic rings. The van der Waals surface area contributed by atoms with Gasteiger partial charge in [0, 0.05) is 43.9 Å². The fraction of sp³-hybridized carbons (Fsp3) is 0.444. The summed E-state index contributed by atoms with van der Waals surface area (Å²) in [5.41, 5.74) is 4.94. The minimum atomic E-state index is -0.118. The third kappa shape index (κ3) is 3.83. The lowest BCUT2D eigenvalue weighted by Crippen LogP contribution is -2.28. The van der Waals surface area contributed by atoms with Gasteiger partial charge >= 0.3 is 0 Å². The van der Waals surface area contributed by atoms with E-state index in [-0.39, 0.29) is 5.91 Å². The Morgan fingerprint density at radius 2 is 2.21 bits per heavy atom. The molecular formula is C18H25N5O. The van der Waals surface area contributed by atoms with Crippen LogP contribution in [0.4, 0.5) is 0 Å². The van der Waals surface area contributed by atoms with Gasteiger partial charge in [-0.3, -0.25) is 9.89 Å². The zero-order chi connectivity index (χ0) is 16.9. The standard InChI is InChI=1S/C18H25N5O/c1-3-23(2)12-14-6-4-5-13(9-14)10-20-18(24)17-15-11-19-8-7-16(15)21-22-17/h4-6,9,19H,3,7-8,10-12H2,1-2H3,(H,20,24)(H,21,22). The smallest absolute Gasteiger partial charge is 0.272 e. The number of hydrogen-bond acceptors (Lipinski definition) is 4. The molecule has 1 aromatic carbocycles. The van der Waals surface area contributed by atoms with Crippen molar-refractivity contribution in [3.05, 3.63) is 52.3 Å². The average molecular weight is 327 g/mol. The molecule has 2 aromatic rings. The number of hydrogen-bond donors (Lipinski definition) is 3. The molecule has 24 heavy (non-hydrogen) atoms. The van der Waals surface area contributed by atoms with E-state index in [4.69, 9.17) is 0 Å². The molecule has 1 aromatic heterocycles. The number of amides is 1. The maximum Gasteiger partial charge on any atom is 0.272 e. The Kier molecular flexibility index (Phi) is 5.27. The molecule has 128 valence electrons. The van der Waals surface area contributed by atoms with E-state index in [1.165, 1.54) is 5.56 Å². The molecule has 6 nitrogen and oxygen atoms in total. The second kappa shape index (κ2) is 7.59. The van der Waals surface area contributed by atoms with Gasteiger partial charge in [-0.2, -0.15) is 5.10 Å². The minimum Gasteiger partial charge on any atom is -0.347 e. The Morgan fingerprint density at radius 3 is 3.04 bits per heavy atom. The highest BCUT2D eigenvalue weighted by Crippen LogP contribution is 2.15. The zero-order valence-corrected chi connectivity index (χ0v) is 14.4. The summed E-state index contributed by atoms with van der Waals surface area (Å²) in [6, 6.07) is 8.35. The van der Waals surface area contributed by atoms with Crippen LogP contribution < -0.4 is 10.6 Å². The fourth-order valence-corrected chi connectivity index (χ4v) is 2.94. The van der Waals surface area contributed by atoms with Gasteiger partial charge in [-0.25, -0.2) is 0 Å². The Hall–Kier alpha value is -2.18. The number of benzene rings is 1. The van der Waals surface area contributed by atoms with Gasteiger partial charge in [-0.05, 0) is 24.7 Å². The summed E-state index contributed by atoms with van der Waals surface area (Å²) in [6.45, 7) is 6.21. The molecule has 6 heteroatoms. The molecule has 2 heterocycles. The predicted octanol–water partition coefficient (Wildman–Crippen LogP) is 1.44. The first-order chi connectivity index (χ1) is 11.7. The number of carbonyl (C=O) groups excluding carboxylic acids is 1. The Bertz CT molecular complexity index is 709. The Morgan fingerprint density at radius 1 is 1.38 bits per heavy atom. The molecule has 0 bridgehead atoms. The first-order valence-electron chi connectivity index (χ1n) is 8.48. The van der Waals surface area contributed by atoms with Crippen LogP contribution in [0.15, 0.2) is 24.3 Å². The van der Waals surface area contributed by atoms with Crippen molar-refractivity contribution in [1.29, 1.82) is 0 Å². The summed E-state index contributed by atoms with van der Waals surface area (Å²) in [6.07, 6.45) is 0.891. The lowest BCUT2D eigenvalue weighted by Gasteiger charge is -2.15. The van der Waals surface area contributed by atoms with Gasteiger partial charge in [0.1, 0.15) is 0 Å². The van der Waals surface area contributed by atoms with E-state index in [0.29, 0.717) is 18.8 Å². The van der Waals surface area contributed by atoms with Crippen LogP contribution in [0.25, 0.3) is 0 Å². The zero-order valence-electron chi connectivity index (χ0n) is 14.4. The van der Waals surface area contributed by atoms with Crippen molar-refractivity contribution in [3.8, 4) is 0 Å². The summed E-state index contributed by atoms with van der Waals surface area (Å²) >= 11 is 0. The molecule has 1 aliphatic heterocycles. The van der Waals surface area contributed by atoms with Gasteiger partial charge in [-0.1, -0.05) is 31.2 Å². The monoisotopic (exact) mass is 327 g/mol. The third-order valence-corrected chi connectivity index (χ3v) is 4.46. The van der Waals surface area contributed by atoms with Crippen molar-refractivity contribution >= 4 is 5.91 Å². The van der Waals surface area contributed by atoms with Gasteiger partial charge in [0.05, 0.1) is 0 Å². The quantitative estimate of drug-likeness (QED) is 0.751. The summed E-state index contributed by atoms with van der Waals surface area (Å²) in [5, 5.41) is 13.4. The van der Waals surface area contributed by atoms with Crippen LogP contribution in [0.3, 0.4) is 0 Å². The van der Waals surface area contributed by atoms with Crippen molar-refractivity contribution in [2.45, 2.75) is 33.0 Å². The topological polar surface area (TPSA) is 73.0 Å². The summed E-state index contributed by atoms with van der Waals surface area (Å²) < 4.78 is 0. The first kappa shape index (κ1) is 16.7. The molecule has 0 unspecified atom stereocenters. The molecular weight excluding hydrogens is 302 g/mol. The molecule has 0 radical (unpaired) electrons. The van der Waals surface area contributed by atoms with E-state index in [1.807, 2.05) is 12.1 Å². The maximum atomic E-state index is 12.4. The lowest BCUT2D eigenvalue weighted by atomic mass is 10.1. The van der Waals surface area contributed by atoms with Crippen molar-refractivity contribution in [2.75, 3.05) is 20.1 Å². The normalized spacial score (nSPS) is 13.8. The van der Waals surface area contributed by atoms with E-state index in [0.717, 1.165) is 42.9 Å². The number of nitrogens with zero attached hydrogens (tertiary/aromatic N) is 2. The van der Waals surface area contributed by atoms with E-state index in [2.05, 4.69) is 51.8 Å². The highest BCUT2D eigenvalue weighted by molar-refractivity contribution is 5.94. The fourth-order valence-electron chi connectivity index (χ4n) is 2.94. The molecule has 0 spiro atoms. The van der Waals surface area contributed by atoms with E-state index >= 15 is 0 Å². The van der Waals surface area contributed by atoms with Crippen LogP contribution in [0.2, 0.25) is 0 Å². The van der Waals surface area contributed by atoms with Gasteiger partial charge in [0.25, 0.3) is 5.91 Å². The van der Waals surface area contributed by atoms with Crippen molar-refractivity contribution < 1.29 is 4.79 Å². The number of fused-ring (bicyclic) bond motifs is 1. The molecule has 1 amide bonds. The first-order valence-corrected chi connectivity index (χ1v) is 8.48. The van der Waals surface area contributed by atoms with Crippen LogP contribution in [0, 0.1) is 0 Å². The number of nitrogens with one attached hydrogen (secondary N) is 3. The predicted molar refractivity (Wildman–Crippen MR) is 93.6 cm³/mol. The molecule has 0 saturated heterocycles. The number of rotatable bonds is 6. The van der Waals surface area contributed by atoms with Crippen molar-refractivity contribution in [3.63, 3.8) is 0 Å². The highest BCUT2D eigenvalue weighted by Gasteiger charge is 2.21. The van der Waals surface area contributed by atoms with Crippen molar-refractivity contribution in [2.24, 2.45) is 0 Å². The van der Waals surface area contributed by atoms with Gasteiger partial charge in [-0.15, -0.1) is 0 Å². The molecule has 0 fully saturated rings. The molecule has 3 N–H and O–H groups in total. The molecule has 3 rings (SSSR count). The van der Waals surface area contributed by atoms with E-state index < -0.39 is 0 Å². The van der Waals surface area contributed by atoms with Crippen LogP contribution in [0.5, 0.6) is 0 Å². The van der Waals surface area contributed by atoms with Crippen LogP contribution in [-0.2, 0) is 26.1 Å². The Balaban J connectivity index is 1.62. The van der Waals surface area contributed by atoms with Crippen LogP contribution in [0.1, 0.15) is 39.8 Å². The SMILES string of the molecule is CCN(C)Cc1cccc(CNC(=O)c2n[nH]c3c2CNCC3)c1. The Labute approximate surface area is 142 Å². The average Bonchev–Trinajstić information content (AvgIpc) is 3.04. The summed E-state index contributed by atoms with van der Waals surface area (Å²) in [5.74, 6) is -0.118. The highest BCUT2D eigenvalue weighted by atomic mass is 16.1. The molecule has 0 saturated carbocycles. The second-order valence-electron chi connectivity index (χ2n) is 6.29. The van der Waals surface area contributed by atoms with Gasteiger partial charge < -0.3 is 15.5 Å². The van der Waals surface area contributed by atoms with Crippen LogP contribution in [-0.4, -0.2) is 41.1 Å². The van der Waals surface area contributed by atoms with Gasteiger partial charge in [0.15, 0.2) is 5.69 Å². The summed E-state index contributed by atoms with van der Waals surface area (Å²) in [4.78, 5) is 14.7.